The summed E-state index contributed by atoms with van der Waals surface area (Å²) in [7, 11) is 0. The van der Waals surface area contributed by atoms with Crippen LogP contribution in [0.25, 0.3) is 0 Å². The van der Waals surface area contributed by atoms with Crippen LogP contribution in [0.5, 0.6) is 0 Å². The van der Waals surface area contributed by atoms with E-state index in [1.54, 1.807) is 6.08 Å². The van der Waals surface area contributed by atoms with Crippen molar-refractivity contribution in [1.29, 1.82) is 0 Å². The smallest absolute Gasteiger partial charge is 0.252 e. The van der Waals surface area contributed by atoms with E-state index in [4.69, 9.17) is 0 Å². The molecule has 0 aliphatic heterocycles. The molecule has 0 bridgehead atoms. The van der Waals surface area contributed by atoms with Gasteiger partial charge in [0.05, 0.1) is 0 Å². The lowest BCUT2D eigenvalue weighted by Crippen LogP contribution is -2.12. The Morgan fingerprint density at radius 3 is 2.14 bits per heavy atom. The fourth-order valence-electron chi connectivity index (χ4n) is 3.12. The SMILES string of the molecule is C=C(CCC)\N=C(/C=C(\C=C/C(C)CC)C(CCCC)CCCCC)C(F)F. The highest BCUT2D eigenvalue weighted by Gasteiger charge is 2.17. The minimum absolute atomic E-state index is 0.140. The van der Waals surface area contributed by atoms with Gasteiger partial charge < -0.3 is 0 Å². The summed E-state index contributed by atoms with van der Waals surface area (Å²) in [5, 5.41) is 0. The van der Waals surface area contributed by atoms with Gasteiger partial charge in [-0.25, -0.2) is 8.78 Å². The molecule has 0 aromatic rings. The lowest BCUT2D eigenvalue weighted by atomic mass is 9.86. The number of nitrogens with zero attached hydrogens (tertiary/aromatic N) is 1. The lowest BCUT2D eigenvalue weighted by molar-refractivity contribution is 0.226. The first-order valence-electron chi connectivity index (χ1n) is 11.3. The molecule has 0 spiro atoms. The number of aliphatic imine (C=N–C) groups is 1. The third-order valence-corrected chi connectivity index (χ3v) is 5.16. The molecule has 0 amide bonds. The number of halogens is 2. The van der Waals surface area contributed by atoms with Crippen molar-refractivity contribution in [3.8, 4) is 0 Å². The second kappa shape index (κ2) is 16.7. The average molecular weight is 396 g/mol. The molecule has 0 heterocycles. The molecule has 162 valence electrons. The molecule has 0 aliphatic carbocycles. The molecule has 0 aromatic heterocycles. The Hall–Kier alpha value is -1.25. The van der Waals surface area contributed by atoms with Crippen LogP contribution in [0.15, 0.2) is 41.1 Å². The maximum Gasteiger partial charge on any atom is 0.280 e. The van der Waals surface area contributed by atoms with Gasteiger partial charge in [0.15, 0.2) is 0 Å². The van der Waals surface area contributed by atoms with Crippen LogP contribution in [0.4, 0.5) is 8.78 Å². The summed E-state index contributed by atoms with van der Waals surface area (Å²) in [6.45, 7) is 14.5. The average Bonchev–Trinajstić information content (AvgIpc) is 2.66. The first kappa shape index (κ1) is 26.8. The second-order valence-electron chi connectivity index (χ2n) is 7.88. The van der Waals surface area contributed by atoms with E-state index in [0.29, 0.717) is 24.0 Å². The Labute approximate surface area is 173 Å². The monoisotopic (exact) mass is 395 g/mol. The molecule has 0 fully saturated rings. The zero-order valence-corrected chi connectivity index (χ0v) is 18.9. The highest BCUT2D eigenvalue weighted by Crippen LogP contribution is 2.27. The molecule has 1 nitrogen and oxygen atoms in total. The molecule has 0 radical (unpaired) electrons. The quantitative estimate of drug-likeness (QED) is 0.140. The van der Waals surface area contributed by atoms with E-state index in [2.05, 4.69) is 51.4 Å². The molecule has 2 unspecified atom stereocenters. The van der Waals surface area contributed by atoms with Crippen molar-refractivity contribution >= 4 is 5.71 Å². The number of rotatable bonds is 16. The van der Waals surface area contributed by atoms with Crippen LogP contribution in [-0.2, 0) is 0 Å². The van der Waals surface area contributed by atoms with E-state index in [0.717, 1.165) is 50.5 Å². The summed E-state index contributed by atoms with van der Waals surface area (Å²) >= 11 is 0. The van der Waals surface area contributed by atoms with Crippen LogP contribution < -0.4 is 0 Å². The van der Waals surface area contributed by atoms with E-state index in [1.807, 2.05) is 6.92 Å². The molecule has 3 heteroatoms. The number of hydrogen-bond acceptors (Lipinski definition) is 1. The fourth-order valence-corrected chi connectivity index (χ4v) is 3.12. The van der Waals surface area contributed by atoms with Gasteiger partial charge in [0.2, 0.25) is 0 Å². The molecule has 0 saturated heterocycles. The molecule has 0 saturated carbocycles. The molecule has 0 aliphatic rings. The van der Waals surface area contributed by atoms with Crippen molar-refractivity contribution in [2.24, 2.45) is 16.8 Å². The zero-order chi connectivity index (χ0) is 21.4. The van der Waals surface area contributed by atoms with E-state index < -0.39 is 6.43 Å². The van der Waals surface area contributed by atoms with Crippen LogP contribution >= 0.6 is 0 Å². The minimum Gasteiger partial charge on any atom is -0.252 e. The molecular formula is C25H43F2N. The van der Waals surface area contributed by atoms with Crippen molar-refractivity contribution < 1.29 is 8.78 Å². The van der Waals surface area contributed by atoms with Crippen LogP contribution in [0.3, 0.4) is 0 Å². The van der Waals surface area contributed by atoms with Gasteiger partial charge in [-0.2, -0.15) is 0 Å². The molecule has 28 heavy (non-hydrogen) atoms. The zero-order valence-electron chi connectivity index (χ0n) is 18.9. The third kappa shape index (κ3) is 12.3. The summed E-state index contributed by atoms with van der Waals surface area (Å²) in [6.07, 6.45) is 13.7. The van der Waals surface area contributed by atoms with E-state index in [-0.39, 0.29) is 5.71 Å². The van der Waals surface area contributed by atoms with Crippen molar-refractivity contribution in [2.75, 3.05) is 0 Å². The van der Waals surface area contributed by atoms with Gasteiger partial charge in [-0.1, -0.05) is 98.3 Å². The number of unbranched alkanes of at least 4 members (excludes halogenated alkanes) is 3. The molecule has 0 rings (SSSR count). The van der Waals surface area contributed by atoms with Crippen LogP contribution in [0.1, 0.15) is 98.8 Å². The Bertz CT molecular complexity index is 503. The Kier molecular flexibility index (Phi) is 15.9. The standard InChI is InChI=1S/C25H43F2N/c1-7-11-13-16-22(15-12-8-2)23(18-17-20(5)10-4)19-24(25(26)27)28-21(6)14-9-3/h17-20,22,25H,6-16H2,1-5H3/b18-17-,23-19+,28-24+. The van der Waals surface area contributed by atoms with E-state index >= 15 is 0 Å². The highest BCUT2D eigenvalue weighted by atomic mass is 19.3. The molecular weight excluding hydrogens is 352 g/mol. The van der Waals surface area contributed by atoms with Crippen LogP contribution in [0, 0.1) is 11.8 Å². The summed E-state index contributed by atoms with van der Waals surface area (Å²) in [6, 6.07) is 0. The molecule has 0 N–H and O–H groups in total. The van der Waals surface area contributed by atoms with Crippen LogP contribution in [-0.4, -0.2) is 12.1 Å². The van der Waals surface area contributed by atoms with Crippen molar-refractivity contribution in [3.05, 3.63) is 36.1 Å². The van der Waals surface area contributed by atoms with Gasteiger partial charge in [0.1, 0.15) is 5.71 Å². The fraction of sp³-hybridized carbons (Fsp3) is 0.720. The van der Waals surface area contributed by atoms with E-state index in [1.165, 1.54) is 12.8 Å². The van der Waals surface area contributed by atoms with Gasteiger partial charge in [-0.3, -0.25) is 4.99 Å². The van der Waals surface area contributed by atoms with Gasteiger partial charge in [0.25, 0.3) is 6.43 Å². The van der Waals surface area contributed by atoms with Gasteiger partial charge in [-0.05, 0) is 42.7 Å². The first-order chi connectivity index (χ1) is 13.4. The van der Waals surface area contributed by atoms with Crippen molar-refractivity contribution in [3.63, 3.8) is 0 Å². The van der Waals surface area contributed by atoms with Gasteiger partial charge >= 0.3 is 0 Å². The highest BCUT2D eigenvalue weighted by molar-refractivity contribution is 5.99. The van der Waals surface area contributed by atoms with Crippen molar-refractivity contribution in [1.82, 2.24) is 0 Å². The second-order valence-corrected chi connectivity index (χ2v) is 7.88. The molecule has 0 aromatic carbocycles. The number of alkyl halides is 2. The Morgan fingerprint density at radius 1 is 0.964 bits per heavy atom. The lowest BCUT2D eigenvalue weighted by Gasteiger charge is -2.19. The van der Waals surface area contributed by atoms with Gasteiger partial charge in [-0.15, -0.1) is 0 Å². The predicted octanol–water partition coefficient (Wildman–Crippen LogP) is 8.92. The number of allylic oxidation sites excluding steroid dienone is 5. The summed E-state index contributed by atoms with van der Waals surface area (Å²) in [4.78, 5) is 4.17. The summed E-state index contributed by atoms with van der Waals surface area (Å²) in [5.41, 5.74) is 1.41. The largest absolute Gasteiger partial charge is 0.280 e. The minimum atomic E-state index is -2.58. The maximum absolute atomic E-state index is 13.7. The summed E-state index contributed by atoms with van der Waals surface area (Å²) in [5.74, 6) is 0.753. The third-order valence-electron chi connectivity index (χ3n) is 5.16. The summed E-state index contributed by atoms with van der Waals surface area (Å²) < 4.78 is 27.4. The normalized spacial score (nSPS) is 15.4. The maximum atomic E-state index is 13.7. The predicted molar refractivity (Wildman–Crippen MR) is 121 cm³/mol. The Morgan fingerprint density at radius 2 is 1.61 bits per heavy atom. The van der Waals surface area contributed by atoms with Crippen LogP contribution in [0.2, 0.25) is 0 Å². The van der Waals surface area contributed by atoms with E-state index in [9.17, 15) is 8.78 Å². The van der Waals surface area contributed by atoms with Gasteiger partial charge in [0, 0.05) is 5.70 Å². The topological polar surface area (TPSA) is 12.4 Å². The van der Waals surface area contributed by atoms with Crippen molar-refractivity contribution in [2.45, 2.75) is 105 Å². The number of hydrogen-bond donors (Lipinski definition) is 0. The Balaban J connectivity index is 5.88. The molecule has 2 atom stereocenters. The first-order valence-corrected chi connectivity index (χ1v) is 11.3.